The van der Waals surface area contributed by atoms with E-state index in [1.807, 2.05) is 12.1 Å². The molecule has 0 radical (unpaired) electrons. The van der Waals surface area contributed by atoms with Crippen molar-refractivity contribution in [3.05, 3.63) is 24.2 Å². The third-order valence-electron chi connectivity index (χ3n) is 2.93. The van der Waals surface area contributed by atoms with Crippen LogP contribution in [0.2, 0.25) is 0 Å². The summed E-state index contributed by atoms with van der Waals surface area (Å²) in [4.78, 5) is 4.06. The average Bonchev–Trinajstić information content (AvgIpc) is 3.06. The van der Waals surface area contributed by atoms with Gasteiger partial charge in [0, 0.05) is 33.3 Å². The van der Waals surface area contributed by atoms with Gasteiger partial charge in [0.25, 0.3) is 0 Å². The number of furan rings is 1. The predicted octanol–water partition coefficient (Wildman–Crippen LogP) is 0.291. The van der Waals surface area contributed by atoms with Crippen LogP contribution in [0.1, 0.15) is 19.1 Å². The van der Waals surface area contributed by atoms with Gasteiger partial charge in [0.1, 0.15) is 12.4 Å². The van der Waals surface area contributed by atoms with Gasteiger partial charge in [-0.15, -0.1) is 0 Å². The van der Waals surface area contributed by atoms with Gasteiger partial charge in [-0.3, -0.25) is 4.99 Å². The van der Waals surface area contributed by atoms with Gasteiger partial charge in [-0.05, 0) is 25.5 Å². The first kappa shape index (κ1) is 19.5. The van der Waals surface area contributed by atoms with E-state index < -0.39 is 10.0 Å². The molecular weight excluding hydrogens is 320 g/mol. The van der Waals surface area contributed by atoms with Crippen LogP contribution in [-0.2, 0) is 21.4 Å². The summed E-state index contributed by atoms with van der Waals surface area (Å²) < 4.78 is 35.7. The van der Waals surface area contributed by atoms with Crippen LogP contribution in [0, 0.1) is 0 Å². The summed E-state index contributed by atoms with van der Waals surface area (Å²) in [5, 5.41) is 6.17. The van der Waals surface area contributed by atoms with Gasteiger partial charge in [0.15, 0.2) is 5.96 Å². The lowest BCUT2D eigenvalue weighted by molar-refractivity contribution is 0.105. The SMILES string of the molecule is CCS(=O)(=O)NCCNC(=NC)NCCCOCc1ccco1. The molecule has 0 atom stereocenters. The Kier molecular flexibility index (Phi) is 9.34. The van der Waals surface area contributed by atoms with Crippen molar-refractivity contribution in [2.45, 2.75) is 20.0 Å². The van der Waals surface area contributed by atoms with Gasteiger partial charge in [-0.1, -0.05) is 0 Å². The van der Waals surface area contributed by atoms with Gasteiger partial charge < -0.3 is 19.8 Å². The molecule has 0 fully saturated rings. The van der Waals surface area contributed by atoms with Crippen molar-refractivity contribution in [2.24, 2.45) is 4.99 Å². The topological polar surface area (TPSA) is 105 Å². The Morgan fingerprint density at radius 3 is 2.74 bits per heavy atom. The monoisotopic (exact) mass is 346 g/mol. The molecular formula is C14H26N4O4S. The molecule has 0 spiro atoms. The van der Waals surface area contributed by atoms with Crippen molar-refractivity contribution in [3.63, 3.8) is 0 Å². The summed E-state index contributed by atoms with van der Waals surface area (Å²) >= 11 is 0. The zero-order valence-corrected chi connectivity index (χ0v) is 14.5. The maximum Gasteiger partial charge on any atom is 0.211 e. The first-order valence-corrected chi connectivity index (χ1v) is 9.24. The Bertz CT molecular complexity index is 543. The van der Waals surface area contributed by atoms with E-state index in [-0.39, 0.29) is 5.75 Å². The number of hydrogen-bond donors (Lipinski definition) is 3. The van der Waals surface area contributed by atoms with Crippen LogP contribution < -0.4 is 15.4 Å². The van der Waals surface area contributed by atoms with Crippen molar-refractivity contribution in [3.8, 4) is 0 Å². The molecule has 0 unspecified atom stereocenters. The number of rotatable bonds is 11. The second kappa shape index (κ2) is 11.0. The standard InChI is InChI=1S/C14H26N4O4S/c1-3-23(19,20)18-9-8-17-14(15-2)16-7-5-10-21-12-13-6-4-11-22-13/h4,6,11,18H,3,5,7-10,12H2,1-2H3,(H2,15,16,17). The van der Waals surface area contributed by atoms with Crippen molar-refractivity contribution >= 4 is 16.0 Å². The summed E-state index contributed by atoms with van der Waals surface area (Å²) in [6, 6.07) is 3.70. The van der Waals surface area contributed by atoms with Crippen molar-refractivity contribution in [1.29, 1.82) is 0 Å². The van der Waals surface area contributed by atoms with Gasteiger partial charge in [-0.2, -0.15) is 0 Å². The largest absolute Gasteiger partial charge is 0.467 e. The van der Waals surface area contributed by atoms with Crippen LogP contribution in [0.15, 0.2) is 27.8 Å². The summed E-state index contributed by atoms with van der Waals surface area (Å²) in [6.07, 6.45) is 2.44. The van der Waals surface area contributed by atoms with Crippen LogP contribution in [0.5, 0.6) is 0 Å². The number of nitrogens with one attached hydrogen (secondary N) is 3. The molecule has 0 aromatic carbocycles. The first-order chi connectivity index (χ1) is 11.1. The molecule has 1 aromatic heterocycles. The second-order valence-electron chi connectivity index (χ2n) is 4.71. The van der Waals surface area contributed by atoms with E-state index in [0.717, 1.165) is 12.2 Å². The van der Waals surface area contributed by atoms with E-state index in [4.69, 9.17) is 9.15 Å². The maximum atomic E-state index is 11.3. The molecule has 0 aliphatic heterocycles. The predicted molar refractivity (Wildman–Crippen MR) is 89.8 cm³/mol. The highest BCUT2D eigenvalue weighted by Crippen LogP contribution is 2.01. The lowest BCUT2D eigenvalue weighted by atomic mass is 10.4. The van der Waals surface area contributed by atoms with E-state index in [9.17, 15) is 8.42 Å². The number of hydrogen-bond acceptors (Lipinski definition) is 5. The van der Waals surface area contributed by atoms with Crippen LogP contribution in [0.4, 0.5) is 0 Å². The lowest BCUT2D eigenvalue weighted by Gasteiger charge is -2.12. The Labute approximate surface area is 137 Å². The molecule has 0 aliphatic rings. The molecule has 0 aliphatic carbocycles. The molecule has 0 amide bonds. The Balaban J connectivity index is 2.03. The summed E-state index contributed by atoms with van der Waals surface area (Å²) in [6.45, 7) is 4.18. The Hall–Kier alpha value is -1.58. The number of guanidine groups is 1. The van der Waals surface area contributed by atoms with E-state index in [1.165, 1.54) is 0 Å². The number of sulfonamides is 1. The summed E-state index contributed by atoms with van der Waals surface area (Å²) in [7, 11) is -1.48. The lowest BCUT2D eigenvalue weighted by Crippen LogP contribution is -2.42. The van der Waals surface area contributed by atoms with Crippen LogP contribution in [0.25, 0.3) is 0 Å². The number of nitrogens with zero attached hydrogens (tertiary/aromatic N) is 1. The summed E-state index contributed by atoms with van der Waals surface area (Å²) in [5.74, 6) is 1.52. The summed E-state index contributed by atoms with van der Waals surface area (Å²) in [5.41, 5.74) is 0. The minimum Gasteiger partial charge on any atom is -0.467 e. The number of aliphatic imine (C=N–C) groups is 1. The van der Waals surface area contributed by atoms with Gasteiger partial charge in [0.05, 0.1) is 12.0 Å². The van der Waals surface area contributed by atoms with Crippen LogP contribution in [-0.4, -0.2) is 53.4 Å². The van der Waals surface area contributed by atoms with Gasteiger partial charge in [-0.25, -0.2) is 13.1 Å². The minimum atomic E-state index is -3.14. The molecule has 1 aromatic rings. The maximum absolute atomic E-state index is 11.3. The zero-order chi connectivity index (χ0) is 17.0. The van der Waals surface area contributed by atoms with Crippen LogP contribution in [0.3, 0.4) is 0 Å². The van der Waals surface area contributed by atoms with E-state index in [0.29, 0.717) is 38.8 Å². The molecule has 9 heteroatoms. The third kappa shape index (κ3) is 9.22. The molecule has 23 heavy (non-hydrogen) atoms. The Morgan fingerprint density at radius 2 is 2.09 bits per heavy atom. The highest BCUT2D eigenvalue weighted by Gasteiger charge is 2.04. The zero-order valence-electron chi connectivity index (χ0n) is 13.7. The van der Waals surface area contributed by atoms with E-state index >= 15 is 0 Å². The highest BCUT2D eigenvalue weighted by molar-refractivity contribution is 7.89. The average molecular weight is 346 g/mol. The first-order valence-electron chi connectivity index (χ1n) is 7.59. The van der Waals surface area contributed by atoms with E-state index in [1.54, 1.807) is 20.2 Å². The highest BCUT2D eigenvalue weighted by atomic mass is 32.2. The Morgan fingerprint density at radius 1 is 1.30 bits per heavy atom. The second-order valence-corrected chi connectivity index (χ2v) is 6.80. The molecule has 132 valence electrons. The third-order valence-corrected chi connectivity index (χ3v) is 4.33. The molecule has 0 saturated carbocycles. The van der Waals surface area contributed by atoms with Gasteiger partial charge >= 0.3 is 0 Å². The minimum absolute atomic E-state index is 0.0813. The molecule has 3 N–H and O–H groups in total. The molecule has 1 rings (SSSR count). The molecule has 1 heterocycles. The van der Waals surface area contributed by atoms with Crippen molar-refractivity contribution in [2.75, 3.05) is 39.0 Å². The quantitative estimate of drug-likeness (QED) is 0.302. The number of ether oxygens (including phenoxy) is 1. The van der Waals surface area contributed by atoms with Crippen molar-refractivity contribution < 1.29 is 17.6 Å². The van der Waals surface area contributed by atoms with E-state index in [2.05, 4.69) is 20.3 Å². The fraction of sp³-hybridized carbons (Fsp3) is 0.643. The van der Waals surface area contributed by atoms with Gasteiger partial charge in [0.2, 0.25) is 10.0 Å². The fourth-order valence-corrected chi connectivity index (χ4v) is 2.28. The fourth-order valence-electron chi connectivity index (χ4n) is 1.66. The van der Waals surface area contributed by atoms with Crippen LogP contribution >= 0.6 is 0 Å². The molecule has 0 bridgehead atoms. The molecule has 0 saturated heterocycles. The smallest absolute Gasteiger partial charge is 0.211 e. The molecule has 8 nitrogen and oxygen atoms in total. The normalized spacial score (nSPS) is 12.3. The van der Waals surface area contributed by atoms with Crippen molar-refractivity contribution in [1.82, 2.24) is 15.4 Å².